The number of nitrogens with one attached hydrogen (secondary N) is 1. The largest absolute Gasteiger partial charge is 0.504 e. The first-order valence-corrected chi connectivity index (χ1v) is 7.39. The minimum atomic E-state index is 0.215. The summed E-state index contributed by atoms with van der Waals surface area (Å²) in [6, 6.07) is 13.9. The predicted octanol–water partition coefficient (Wildman–Crippen LogP) is 4.53. The van der Waals surface area contributed by atoms with Crippen LogP contribution in [-0.2, 0) is 6.54 Å². The summed E-state index contributed by atoms with van der Waals surface area (Å²) in [5.41, 5.74) is 3.19. The van der Waals surface area contributed by atoms with Gasteiger partial charge in [-0.05, 0) is 36.6 Å². The van der Waals surface area contributed by atoms with Gasteiger partial charge in [0.25, 0.3) is 0 Å². The van der Waals surface area contributed by atoms with E-state index < -0.39 is 0 Å². The van der Waals surface area contributed by atoms with Crippen LogP contribution in [0.3, 0.4) is 0 Å². The zero-order valence-corrected chi connectivity index (χ0v) is 12.9. The highest BCUT2D eigenvalue weighted by Crippen LogP contribution is 2.30. The molecular formula is C18H23NO2. The normalized spacial score (nSPS) is 10.7. The number of rotatable bonds is 6. The molecule has 0 atom stereocenters. The predicted molar refractivity (Wildman–Crippen MR) is 87.1 cm³/mol. The first-order valence-electron chi connectivity index (χ1n) is 7.39. The summed E-state index contributed by atoms with van der Waals surface area (Å²) in [6.45, 7) is 7.37. The molecule has 21 heavy (non-hydrogen) atoms. The minimum Gasteiger partial charge on any atom is -0.504 e. The Labute approximate surface area is 126 Å². The summed E-state index contributed by atoms with van der Waals surface area (Å²) in [4.78, 5) is 0. The molecule has 2 rings (SSSR count). The molecule has 0 fully saturated rings. The van der Waals surface area contributed by atoms with Crippen LogP contribution in [0.1, 0.15) is 37.8 Å². The number of phenolic OH excluding ortho intramolecular Hbond substituents is 1. The van der Waals surface area contributed by atoms with E-state index in [1.807, 2.05) is 31.2 Å². The first kappa shape index (κ1) is 15.2. The van der Waals surface area contributed by atoms with Crippen molar-refractivity contribution in [1.29, 1.82) is 0 Å². The lowest BCUT2D eigenvalue weighted by Gasteiger charge is -2.13. The maximum absolute atomic E-state index is 10.2. The van der Waals surface area contributed by atoms with E-state index in [0.717, 1.165) is 11.3 Å². The van der Waals surface area contributed by atoms with Gasteiger partial charge >= 0.3 is 0 Å². The van der Waals surface area contributed by atoms with Gasteiger partial charge in [-0.3, -0.25) is 0 Å². The fraction of sp³-hybridized carbons (Fsp3) is 0.333. The Kier molecular flexibility index (Phi) is 5.09. The van der Waals surface area contributed by atoms with E-state index in [4.69, 9.17) is 4.74 Å². The second kappa shape index (κ2) is 7.02. The van der Waals surface area contributed by atoms with E-state index >= 15 is 0 Å². The molecule has 3 heteroatoms. The third-order valence-corrected chi connectivity index (χ3v) is 3.42. The Hall–Kier alpha value is -2.16. The summed E-state index contributed by atoms with van der Waals surface area (Å²) >= 11 is 0. The highest BCUT2D eigenvalue weighted by Gasteiger charge is 2.08. The second-order valence-corrected chi connectivity index (χ2v) is 5.33. The van der Waals surface area contributed by atoms with Gasteiger partial charge < -0.3 is 15.2 Å². The average Bonchev–Trinajstić information content (AvgIpc) is 2.48. The lowest BCUT2D eigenvalue weighted by molar-refractivity contribution is 0.317. The van der Waals surface area contributed by atoms with Crippen molar-refractivity contribution in [3.63, 3.8) is 0 Å². The molecule has 3 nitrogen and oxygen atoms in total. The minimum absolute atomic E-state index is 0.215. The molecule has 2 N–H and O–H groups in total. The van der Waals surface area contributed by atoms with Gasteiger partial charge in [-0.25, -0.2) is 0 Å². The fourth-order valence-electron chi connectivity index (χ4n) is 2.19. The van der Waals surface area contributed by atoms with Gasteiger partial charge in [0.1, 0.15) is 0 Å². The van der Waals surface area contributed by atoms with Crippen molar-refractivity contribution in [1.82, 2.24) is 0 Å². The SMILES string of the molecule is CCOc1cccc(CNc2cccc(C(C)C)c2)c1O. The van der Waals surface area contributed by atoms with E-state index in [9.17, 15) is 5.11 Å². The fourth-order valence-corrected chi connectivity index (χ4v) is 2.19. The number of ether oxygens (including phenoxy) is 1. The van der Waals surface area contributed by atoms with Crippen LogP contribution in [0, 0.1) is 0 Å². The molecule has 0 aliphatic heterocycles. The van der Waals surface area contributed by atoms with Crippen LogP contribution >= 0.6 is 0 Å². The summed E-state index contributed by atoms with van der Waals surface area (Å²) in [5, 5.41) is 13.5. The highest BCUT2D eigenvalue weighted by atomic mass is 16.5. The highest BCUT2D eigenvalue weighted by molar-refractivity contribution is 5.50. The molecule has 0 saturated carbocycles. The zero-order chi connectivity index (χ0) is 15.2. The van der Waals surface area contributed by atoms with Crippen molar-refractivity contribution in [2.24, 2.45) is 0 Å². The molecule has 0 bridgehead atoms. The van der Waals surface area contributed by atoms with Gasteiger partial charge in [0.15, 0.2) is 11.5 Å². The molecule has 0 heterocycles. The summed E-state index contributed by atoms with van der Waals surface area (Å²) in [6.07, 6.45) is 0. The molecule has 0 aromatic heterocycles. The van der Waals surface area contributed by atoms with Crippen LogP contribution < -0.4 is 10.1 Å². The number of aromatic hydroxyl groups is 1. The standard InChI is InChI=1S/C18H23NO2/c1-4-21-17-10-6-8-15(18(17)20)12-19-16-9-5-7-14(11-16)13(2)3/h5-11,13,19-20H,4,12H2,1-3H3. The third-order valence-electron chi connectivity index (χ3n) is 3.42. The van der Waals surface area contributed by atoms with Crippen molar-refractivity contribution in [3.8, 4) is 11.5 Å². The number of para-hydroxylation sites is 1. The number of anilines is 1. The molecule has 0 aliphatic rings. The molecule has 0 radical (unpaired) electrons. The van der Waals surface area contributed by atoms with Crippen LogP contribution in [0.5, 0.6) is 11.5 Å². The maximum atomic E-state index is 10.2. The smallest absolute Gasteiger partial charge is 0.162 e. The Morgan fingerprint density at radius 1 is 1.14 bits per heavy atom. The van der Waals surface area contributed by atoms with E-state index in [-0.39, 0.29) is 5.75 Å². The molecule has 2 aromatic carbocycles. The van der Waals surface area contributed by atoms with Crippen LogP contribution in [0.2, 0.25) is 0 Å². The van der Waals surface area contributed by atoms with Crippen LogP contribution in [-0.4, -0.2) is 11.7 Å². The monoisotopic (exact) mass is 285 g/mol. The molecule has 0 unspecified atom stereocenters. The number of hydrogen-bond acceptors (Lipinski definition) is 3. The Balaban J connectivity index is 2.09. The topological polar surface area (TPSA) is 41.5 Å². The summed E-state index contributed by atoms with van der Waals surface area (Å²) in [5.74, 6) is 1.25. The summed E-state index contributed by atoms with van der Waals surface area (Å²) < 4.78 is 5.40. The first-order chi connectivity index (χ1) is 10.1. The van der Waals surface area contributed by atoms with Gasteiger partial charge in [-0.1, -0.05) is 38.1 Å². The average molecular weight is 285 g/mol. The van der Waals surface area contributed by atoms with Crippen molar-refractivity contribution >= 4 is 5.69 Å². The number of hydrogen-bond donors (Lipinski definition) is 2. The quantitative estimate of drug-likeness (QED) is 0.819. The van der Waals surface area contributed by atoms with E-state index in [0.29, 0.717) is 24.8 Å². The molecular weight excluding hydrogens is 262 g/mol. The van der Waals surface area contributed by atoms with Gasteiger partial charge in [0, 0.05) is 17.8 Å². The van der Waals surface area contributed by atoms with Gasteiger partial charge in [0.2, 0.25) is 0 Å². The lowest BCUT2D eigenvalue weighted by Crippen LogP contribution is -2.02. The van der Waals surface area contributed by atoms with Crippen molar-refractivity contribution in [3.05, 3.63) is 53.6 Å². The van der Waals surface area contributed by atoms with Crippen molar-refractivity contribution in [2.45, 2.75) is 33.2 Å². The zero-order valence-electron chi connectivity index (χ0n) is 12.9. The molecule has 0 aliphatic carbocycles. The van der Waals surface area contributed by atoms with E-state index in [1.54, 1.807) is 6.07 Å². The number of benzene rings is 2. The summed E-state index contributed by atoms with van der Waals surface area (Å²) in [7, 11) is 0. The Morgan fingerprint density at radius 2 is 1.90 bits per heavy atom. The molecule has 0 saturated heterocycles. The van der Waals surface area contributed by atoms with Gasteiger partial charge in [-0.2, -0.15) is 0 Å². The number of phenols is 1. The van der Waals surface area contributed by atoms with Gasteiger partial charge in [0.05, 0.1) is 6.61 Å². The Bertz CT molecular complexity index is 594. The van der Waals surface area contributed by atoms with Gasteiger partial charge in [-0.15, -0.1) is 0 Å². The molecule has 112 valence electrons. The van der Waals surface area contributed by atoms with Crippen molar-refractivity contribution < 1.29 is 9.84 Å². The van der Waals surface area contributed by atoms with Crippen LogP contribution in [0.4, 0.5) is 5.69 Å². The lowest BCUT2D eigenvalue weighted by atomic mass is 10.0. The van der Waals surface area contributed by atoms with E-state index in [1.165, 1.54) is 5.56 Å². The van der Waals surface area contributed by atoms with Crippen molar-refractivity contribution in [2.75, 3.05) is 11.9 Å². The third kappa shape index (κ3) is 3.91. The van der Waals surface area contributed by atoms with Crippen LogP contribution in [0.15, 0.2) is 42.5 Å². The molecule has 2 aromatic rings. The Morgan fingerprint density at radius 3 is 2.62 bits per heavy atom. The molecule has 0 spiro atoms. The second-order valence-electron chi connectivity index (χ2n) is 5.33. The molecule has 0 amide bonds. The van der Waals surface area contributed by atoms with Crippen LogP contribution in [0.25, 0.3) is 0 Å². The maximum Gasteiger partial charge on any atom is 0.162 e. The van der Waals surface area contributed by atoms with E-state index in [2.05, 4.69) is 31.3 Å².